The topological polar surface area (TPSA) is 68.0 Å². The summed E-state index contributed by atoms with van der Waals surface area (Å²) in [6.45, 7) is 0. The van der Waals surface area contributed by atoms with Crippen LogP contribution in [-0.2, 0) is 4.79 Å². The predicted octanol–water partition coefficient (Wildman–Crippen LogP) is 2.81. The first-order chi connectivity index (χ1) is 9.12. The highest BCUT2D eigenvalue weighted by Crippen LogP contribution is 2.42. The van der Waals surface area contributed by atoms with Crippen LogP contribution in [0.2, 0.25) is 0 Å². The van der Waals surface area contributed by atoms with E-state index in [2.05, 4.69) is 10.3 Å². The van der Waals surface area contributed by atoms with E-state index >= 15 is 0 Å². The van der Waals surface area contributed by atoms with Gasteiger partial charge < -0.3 is 11.1 Å². The maximum atomic E-state index is 12.5. The molecule has 0 radical (unpaired) electrons. The normalized spacial score (nSPS) is 21.3. The Morgan fingerprint density at radius 3 is 2.74 bits per heavy atom. The number of hydrogen-bond acceptors (Lipinski definition) is 4. The average molecular weight is 295 g/mol. The maximum Gasteiger partial charge on any atom is 0.239 e. The molecule has 1 amide bonds. The molecule has 0 atom stereocenters. The van der Waals surface area contributed by atoms with Gasteiger partial charge in [-0.15, -0.1) is 11.3 Å². The van der Waals surface area contributed by atoms with Crippen LogP contribution in [-0.4, -0.2) is 15.9 Å². The molecule has 0 spiro atoms. The molecule has 102 valence electrons. The zero-order valence-electron chi connectivity index (χ0n) is 10.6. The van der Waals surface area contributed by atoms with Gasteiger partial charge in [-0.1, -0.05) is 25.1 Å². The number of hydrogen-bond donors (Lipinski definition) is 2. The van der Waals surface area contributed by atoms with Crippen molar-refractivity contribution in [1.82, 2.24) is 4.98 Å². The second kappa shape index (κ2) is 4.83. The molecule has 0 saturated heterocycles. The third kappa shape index (κ3) is 2.39. The monoisotopic (exact) mass is 295 g/mol. The molecule has 0 unspecified atom stereocenters. The quantitative estimate of drug-likeness (QED) is 0.838. The van der Waals surface area contributed by atoms with E-state index in [9.17, 15) is 4.79 Å². The van der Waals surface area contributed by atoms with Crippen LogP contribution in [0.1, 0.15) is 50.1 Å². The van der Waals surface area contributed by atoms with Gasteiger partial charge >= 0.3 is 0 Å². The number of carbonyl (C=O) groups excluding carboxylic acids is 1. The van der Waals surface area contributed by atoms with E-state index in [-0.39, 0.29) is 5.91 Å². The van der Waals surface area contributed by atoms with Crippen molar-refractivity contribution in [1.29, 1.82) is 0 Å². The molecule has 2 aliphatic carbocycles. The van der Waals surface area contributed by atoms with Crippen LogP contribution in [0.25, 0.3) is 0 Å². The van der Waals surface area contributed by atoms with Gasteiger partial charge in [-0.25, -0.2) is 4.98 Å². The predicted molar refractivity (Wildman–Crippen MR) is 80.4 cm³/mol. The Bertz CT molecular complexity index is 516. The summed E-state index contributed by atoms with van der Waals surface area (Å²) in [6, 6.07) is 0. The molecule has 1 heterocycles. The van der Waals surface area contributed by atoms with Crippen molar-refractivity contribution < 1.29 is 4.79 Å². The van der Waals surface area contributed by atoms with Crippen molar-refractivity contribution in [3.8, 4) is 0 Å². The molecule has 3 rings (SSSR count). The lowest BCUT2D eigenvalue weighted by Crippen LogP contribution is -2.43. The van der Waals surface area contributed by atoms with Gasteiger partial charge in [0.05, 0.1) is 16.1 Å². The molecular formula is C13H17N3OS2. The summed E-state index contributed by atoms with van der Waals surface area (Å²) in [6.07, 6.45) is 5.97. The van der Waals surface area contributed by atoms with Crippen LogP contribution in [0.15, 0.2) is 5.38 Å². The average Bonchev–Trinajstić information content (AvgIpc) is 2.93. The highest BCUT2D eigenvalue weighted by atomic mass is 32.1. The van der Waals surface area contributed by atoms with E-state index in [4.69, 9.17) is 18.0 Å². The Morgan fingerprint density at radius 2 is 2.16 bits per heavy atom. The Labute approximate surface area is 121 Å². The maximum absolute atomic E-state index is 12.5. The summed E-state index contributed by atoms with van der Waals surface area (Å²) in [7, 11) is 0. The summed E-state index contributed by atoms with van der Waals surface area (Å²) in [5.74, 6) is 0.534. The summed E-state index contributed by atoms with van der Waals surface area (Å²) < 4.78 is 0. The van der Waals surface area contributed by atoms with Gasteiger partial charge in [-0.3, -0.25) is 4.79 Å². The van der Waals surface area contributed by atoms with Crippen LogP contribution in [0.3, 0.4) is 0 Å². The Kier molecular flexibility index (Phi) is 3.30. The first-order valence-electron chi connectivity index (χ1n) is 6.68. The number of thiazole rings is 1. The van der Waals surface area contributed by atoms with E-state index in [1.54, 1.807) is 0 Å². The molecule has 0 bridgehead atoms. The highest BCUT2D eigenvalue weighted by Gasteiger charge is 2.44. The van der Waals surface area contributed by atoms with E-state index in [1.807, 2.05) is 5.38 Å². The van der Waals surface area contributed by atoms with Crippen LogP contribution in [0.5, 0.6) is 0 Å². The Morgan fingerprint density at radius 1 is 1.47 bits per heavy atom. The zero-order valence-corrected chi connectivity index (χ0v) is 12.3. The van der Waals surface area contributed by atoms with Gasteiger partial charge in [-0.05, 0) is 25.7 Å². The van der Waals surface area contributed by atoms with Crippen LogP contribution in [0, 0.1) is 5.41 Å². The molecule has 0 aliphatic heterocycles. The minimum Gasteiger partial charge on any atom is -0.392 e. The molecule has 0 aromatic carbocycles. The van der Waals surface area contributed by atoms with Crippen molar-refractivity contribution in [3.05, 3.63) is 11.1 Å². The van der Waals surface area contributed by atoms with Crippen molar-refractivity contribution in [2.24, 2.45) is 11.1 Å². The smallest absolute Gasteiger partial charge is 0.239 e. The van der Waals surface area contributed by atoms with Crippen LogP contribution < -0.4 is 11.1 Å². The second-order valence-corrected chi connectivity index (χ2v) is 6.76. The molecule has 4 nitrogen and oxygen atoms in total. The van der Waals surface area contributed by atoms with Crippen molar-refractivity contribution in [3.63, 3.8) is 0 Å². The SMILES string of the molecule is NC(=S)C1(C(=O)Nc2nc(C3CC3)cs2)CCCC1. The number of rotatable bonds is 4. The van der Waals surface area contributed by atoms with E-state index < -0.39 is 5.41 Å². The highest BCUT2D eigenvalue weighted by molar-refractivity contribution is 7.80. The van der Waals surface area contributed by atoms with Crippen molar-refractivity contribution >= 4 is 39.6 Å². The van der Waals surface area contributed by atoms with Gasteiger partial charge in [0.2, 0.25) is 5.91 Å². The first kappa shape index (κ1) is 13.0. The van der Waals surface area contributed by atoms with Gasteiger partial charge in [0.1, 0.15) is 0 Å². The van der Waals surface area contributed by atoms with E-state index in [1.165, 1.54) is 24.2 Å². The summed E-state index contributed by atoms with van der Waals surface area (Å²) >= 11 is 6.60. The molecule has 1 aromatic rings. The van der Waals surface area contributed by atoms with E-state index in [0.29, 0.717) is 16.0 Å². The number of nitrogens with one attached hydrogen (secondary N) is 1. The lowest BCUT2D eigenvalue weighted by Gasteiger charge is -2.25. The third-order valence-electron chi connectivity index (χ3n) is 4.10. The minimum atomic E-state index is -0.652. The number of amides is 1. The fourth-order valence-corrected chi connectivity index (χ4v) is 3.77. The lowest BCUT2D eigenvalue weighted by molar-refractivity contribution is -0.122. The van der Waals surface area contributed by atoms with Crippen molar-refractivity contribution in [2.75, 3.05) is 5.32 Å². The number of nitrogens with two attached hydrogens (primary N) is 1. The minimum absolute atomic E-state index is 0.0748. The largest absolute Gasteiger partial charge is 0.392 e. The molecule has 1 aromatic heterocycles. The number of nitrogens with zero attached hydrogens (tertiary/aromatic N) is 1. The number of aromatic nitrogens is 1. The van der Waals surface area contributed by atoms with Gasteiger partial charge in [0, 0.05) is 11.3 Å². The first-order valence-corrected chi connectivity index (χ1v) is 7.97. The summed E-state index contributed by atoms with van der Waals surface area (Å²) in [5.41, 5.74) is 6.26. The fourth-order valence-electron chi connectivity index (χ4n) is 2.69. The van der Waals surface area contributed by atoms with Gasteiger partial charge in [-0.2, -0.15) is 0 Å². The van der Waals surface area contributed by atoms with Crippen molar-refractivity contribution in [2.45, 2.75) is 44.4 Å². The zero-order chi connectivity index (χ0) is 13.5. The number of thiocarbonyl (C=S) groups is 1. The lowest BCUT2D eigenvalue weighted by atomic mass is 9.85. The number of carbonyl (C=O) groups is 1. The van der Waals surface area contributed by atoms with Gasteiger partial charge in [0.25, 0.3) is 0 Å². The third-order valence-corrected chi connectivity index (χ3v) is 5.27. The Balaban J connectivity index is 1.73. The van der Waals surface area contributed by atoms with Crippen LogP contribution >= 0.6 is 23.6 Å². The molecule has 3 N–H and O–H groups in total. The molecule has 6 heteroatoms. The summed E-state index contributed by atoms with van der Waals surface area (Å²) in [4.78, 5) is 17.3. The summed E-state index contributed by atoms with van der Waals surface area (Å²) in [5, 5.41) is 5.62. The second-order valence-electron chi connectivity index (χ2n) is 5.46. The fraction of sp³-hybridized carbons (Fsp3) is 0.615. The molecule has 2 fully saturated rings. The molecule has 2 saturated carbocycles. The number of anilines is 1. The van der Waals surface area contributed by atoms with Gasteiger partial charge in [0.15, 0.2) is 5.13 Å². The van der Waals surface area contributed by atoms with E-state index in [0.717, 1.165) is 31.4 Å². The van der Waals surface area contributed by atoms with Crippen LogP contribution in [0.4, 0.5) is 5.13 Å². The Hall–Kier alpha value is -1.01. The molecule has 2 aliphatic rings. The molecule has 19 heavy (non-hydrogen) atoms. The molecular weight excluding hydrogens is 278 g/mol. The standard InChI is InChI=1S/C13H17N3OS2/c14-10(18)13(5-1-2-6-13)11(17)16-12-15-9(7-19-12)8-3-4-8/h7-8H,1-6H2,(H2,14,18)(H,15,16,17).